The number of nitrogens with zero attached hydrogens (tertiary/aromatic N) is 1. The van der Waals surface area contributed by atoms with E-state index in [2.05, 4.69) is 12.2 Å². The van der Waals surface area contributed by atoms with Crippen LogP contribution in [-0.2, 0) is 6.42 Å². The van der Waals surface area contributed by atoms with E-state index >= 15 is 0 Å². The van der Waals surface area contributed by atoms with Crippen molar-refractivity contribution in [2.24, 2.45) is 5.73 Å². The summed E-state index contributed by atoms with van der Waals surface area (Å²) in [5.74, 6) is -0.300. The Labute approximate surface area is 129 Å². The number of hydrogen-bond acceptors (Lipinski definition) is 2. The molecule has 0 aliphatic carbocycles. The largest absolute Gasteiger partial charge is 0.351 e. The number of hydrogen-bond donors (Lipinski definition) is 2. The van der Waals surface area contributed by atoms with Gasteiger partial charge in [-0.1, -0.05) is 24.3 Å². The smallest absolute Gasteiger partial charge is 0.319 e. The van der Waals surface area contributed by atoms with Crippen molar-refractivity contribution >= 4 is 23.3 Å². The normalized spacial score (nSPS) is 10.1. The number of benzene rings is 2. The van der Waals surface area contributed by atoms with E-state index in [4.69, 9.17) is 5.73 Å². The number of nitrogens with two attached hydrogens (primary N) is 1. The predicted molar refractivity (Wildman–Crippen MR) is 87.9 cm³/mol. The highest BCUT2D eigenvalue weighted by Crippen LogP contribution is 2.20. The zero-order chi connectivity index (χ0) is 16.1. The number of anilines is 2. The zero-order valence-corrected chi connectivity index (χ0v) is 12.4. The Balaban J connectivity index is 2.24. The SMILES string of the molecule is [CH2]Cc1ccc(NC(=O)c2ccccc2N(C)C(N)=O)cc1. The molecule has 0 aromatic heterocycles. The molecule has 2 aromatic rings. The first-order chi connectivity index (χ1) is 10.5. The Morgan fingerprint density at radius 3 is 2.36 bits per heavy atom. The lowest BCUT2D eigenvalue weighted by Crippen LogP contribution is -2.33. The van der Waals surface area contributed by atoms with Crippen LogP contribution in [0.2, 0.25) is 0 Å². The van der Waals surface area contributed by atoms with Crippen LogP contribution in [0.15, 0.2) is 48.5 Å². The molecule has 0 unspecified atom stereocenters. The second-order valence-electron chi connectivity index (χ2n) is 4.82. The van der Waals surface area contributed by atoms with Gasteiger partial charge in [0.05, 0.1) is 11.3 Å². The Kier molecular flexibility index (Phi) is 4.78. The molecule has 0 heterocycles. The van der Waals surface area contributed by atoms with Crippen LogP contribution in [0.4, 0.5) is 16.2 Å². The van der Waals surface area contributed by atoms with E-state index in [9.17, 15) is 9.59 Å². The van der Waals surface area contributed by atoms with Crippen molar-refractivity contribution in [2.75, 3.05) is 17.3 Å². The van der Waals surface area contributed by atoms with Crippen molar-refractivity contribution < 1.29 is 9.59 Å². The quantitative estimate of drug-likeness (QED) is 0.910. The summed E-state index contributed by atoms with van der Waals surface area (Å²) >= 11 is 0. The van der Waals surface area contributed by atoms with Crippen molar-refractivity contribution in [1.29, 1.82) is 0 Å². The van der Waals surface area contributed by atoms with Crippen LogP contribution >= 0.6 is 0 Å². The van der Waals surface area contributed by atoms with Gasteiger partial charge in [-0.05, 0) is 43.2 Å². The van der Waals surface area contributed by atoms with Crippen molar-refractivity contribution in [3.05, 3.63) is 66.6 Å². The van der Waals surface area contributed by atoms with Crippen LogP contribution < -0.4 is 16.0 Å². The average Bonchev–Trinajstić information content (AvgIpc) is 2.54. The minimum absolute atomic E-state index is 0.300. The minimum Gasteiger partial charge on any atom is -0.351 e. The maximum atomic E-state index is 12.4. The lowest BCUT2D eigenvalue weighted by molar-refractivity contribution is 0.102. The topological polar surface area (TPSA) is 75.4 Å². The zero-order valence-electron chi connectivity index (χ0n) is 12.4. The van der Waals surface area contributed by atoms with Crippen LogP contribution in [0.5, 0.6) is 0 Å². The highest BCUT2D eigenvalue weighted by molar-refractivity contribution is 6.10. The van der Waals surface area contributed by atoms with Crippen molar-refractivity contribution in [3.63, 3.8) is 0 Å². The van der Waals surface area contributed by atoms with E-state index in [0.29, 0.717) is 23.4 Å². The maximum Gasteiger partial charge on any atom is 0.319 e. The molecule has 0 bridgehead atoms. The van der Waals surface area contributed by atoms with E-state index in [0.717, 1.165) is 5.56 Å². The number of primary amides is 1. The summed E-state index contributed by atoms with van der Waals surface area (Å²) in [4.78, 5) is 25.0. The van der Waals surface area contributed by atoms with Gasteiger partial charge in [0.1, 0.15) is 0 Å². The molecule has 0 spiro atoms. The van der Waals surface area contributed by atoms with Crippen molar-refractivity contribution in [3.8, 4) is 0 Å². The lowest BCUT2D eigenvalue weighted by atomic mass is 10.1. The summed E-state index contributed by atoms with van der Waals surface area (Å²) in [6.07, 6.45) is 0.695. The molecular weight excluding hydrogens is 278 g/mol. The van der Waals surface area contributed by atoms with E-state index in [1.54, 1.807) is 24.3 Å². The first kappa shape index (κ1) is 15.6. The molecule has 5 nitrogen and oxygen atoms in total. The molecule has 113 valence electrons. The molecule has 0 saturated heterocycles. The van der Waals surface area contributed by atoms with E-state index < -0.39 is 6.03 Å². The van der Waals surface area contributed by atoms with E-state index in [1.165, 1.54) is 11.9 Å². The molecule has 0 aliphatic rings. The molecule has 3 amide bonds. The Hall–Kier alpha value is -2.82. The summed E-state index contributed by atoms with van der Waals surface area (Å²) in [7, 11) is 1.53. The van der Waals surface area contributed by atoms with Crippen LogP contribution in [0.1, 0.15) is 15.9 Å². The Morgan fingerprint density at radius 2 is 1.77 bits per heavy atom. The highest BCUT2D eigenvalue weighted by Gasteiger charge is 2.16. The lowest BCUT2D eigenvalue weighted by Gasteiger charge is -2.18. The molecule has 0 fully saturated rings. The third kappa shape index (κ3) is 3.44. The van der Waals surface area contributed by atoms with Gasteiger partial charge in [0.2, 0.25) is 0 Å². The van der Waals surface area contributed by atoms with Crippen LogP contribution in [0.3, 0.4) is 0 Å². The summed E-state index contributed by atoms with van der Waals surface area (Å²) < 4.78 is 0. The van der Waals surface area contributed by atoms with Gasteiger partial charge in [0, 0.05) is 12.7 Å². The van der Waals surface area contributed by atoms with Crippen LogP contribution in [0, 0.1) is 6.92 Å². The Bertz CT molecular complexity index is 681. The third-order valence-corrected chi connectivity index (χ3v) is 3.34. The van der Waals surface area contributed by atoms with Crippen molar-refractivity contribution in [2.45, 2.75) is 6.42 Å². The second kappa shape index (κ2) is 6.76. The monoisotopic (exact) mass is 296 g/mol. The molecular formula is C17H18N3O2. The molecule has 0 atom stereocenters. The number of urea groups is 1. The fourth-order valence-corrected chi connectivity index (χ4v) is 2.03. The van der Waals surface area contributed by atoms with E-state index in [1.807, 2.05) is 24.3 Å². The first-order valence-electron chi connectivity index (χ1n) is 6.84. The number of amides is 3. The highest BCUT2D eigenvalue weighted by atomic mass is 16.2. The molecule has 1 radical (unpaired) electrons. The summed E-state index contributed by atoms with van der Waals surface area (Å²) in [5, 5.41) is 2.81. The number of nitrogens with one attached hydrogen (secondary N) is 1. The summed E-state index contributed by atoms with van der Waals surface area (Å²) in [6.45, 7) is 3.80. The van der Waals surface area contributed by atoms with Crippen molar-refractivity contribution in [1.82, 2.24) is 0 Å². The number of carbonyl (C=O) groups is 2. The minimum atomic E-state index is -0.625. The fourth-order valence-electron chi connectivity index (χ4n) is 2.03. The van der Waals surface area contributed by atoms with Gasteiger partial charge in [0.15, 0.2) is 0 Å². The van der Waals surface area contributed by atoms with Gasteiger partial charge in [-0.2, -0.15) is 0 Å². The van der Waals surface area contributed by atoms with E-state index in [-0.39, 0.29) is 5.91 Å². The van der Waals surface area contributed by atoms with Gasteiger partial charge in [0.25, 0.3) is 5.91 Å². The molecule has 0 aliphatic heterocycles. The number of carbonyl (C=O) groups excluding carboxylic acids is 2. The molecule has 0 saturated carbocycles. The fraction of sp³-hybridized carbons (Fsp3) is 0.118. The molecule has 5 heteroatoms. The molecule has 22 heavy (non-hydrogen) atoms. The molecule has 2 aromatic carbocycles. The molecule has 3 N–H and O–H groups in total. The third-order valence-electron chi connectivity index (χ3n) is 3.34. The van der Waals surface area contributed by atoms with Gasteiger partial charge in [-0.15, -0.1) is 0 Å². The molecule has 2 rings (SSSR count). The first-order valence-corrected chi connectivity index (χ1v) is 6.84. The van der Waals surface area contributed by atoms with Gasteiger partial charge >= 0.3 is 6.03 Å². The van der Waals surface area contributed by atoms with Gasteiger partial charge < -0.3 is 11.1 Å². The van der Waals surface area contributed by atoms with Gasteiger partial charge in [-0.25, -0.2) is 4.79 Å². The number of para-hydroxylation sites is 1. The maximum absolute atomic E-state index is 12.4. The van der Waals surface area contributed by atoms with Gasteiger partial charge in [-0.3, -0.25) is 9.69 Å². The number of rotatable bonds is 4. The average molecular weight is 296 g/mol. The second-order valence-corrected chi connectivity index (χ2v) is 4.82. The summed E-state index contributed by atoms with van der Waals surface area (Å²) in [5.41, 5.74) is 7.88. The Morgan fingerprint density at radius 1 is 1.14 bits per heavy atom. The standard InChI is InChI=1S/C17H18N3O2/c1-3-12-8-10-13(11-9-12)19-16(21)14-6-4-5-7-15(14)20(2)17(18)22/h4-11H,1,3H2,2H3,(H2,18,22)(H,19,21). The van der Waals surface area contributed by atoms with Crippen LogP contribution in [-0.4, -0.2) is 19.0 Å². The summed E-state index contributed by atoms with van der Waals surface area (Å²) in [6, 6.07) is 13.6. The van der Waals surface area contributed by atoms with Crippen LogP contribution in [0.25, 0.3) is 0 Å². The predicted octanol–water partition coefficient (Wildman–Crippen LogP) is 2.83.